The Morgan fingerprint density at radius 1 is 1.40 bits per heavy atom. The van der Waals surface area contributed by atoms with Gasteiger partial charge >= 0.3 is 0 Å². The molecule has 1 atom stereocenters. The molecule has 1 aliphatic rings. The van der Waals surface area contributed by atoms with Gasteiger partial charge in [0.1, 0.15) is 6.61 Å². The molecule has 0 radical (unpaired) electrons. The van der Waals surface area contributed by atoms with Crippen molar-refractivity contribution in [1.29, 1.82) is 0 Å². The largest absolute Gasteiger partial charge is 0.377 e. The lowest BCUT2D eigenvalue weighted by Gasteiger charge is -2.32. The first-order valence-electron chi connectivity index (χ1n) is 8.18. The summed E-state index contributed by atoms with van der Waals surface area (Å²) in [5.74, 6) is 1.11. The minimum Gasteiger partial charge on any atom is -0.377 e. The molecule has 25 heavy (non-hydrogen) atoms. The summed E-state index contributed by atoms with van der Waals surface area (Å²) in [7, 11) is 1.58. The maximum Gasteiger partial charge on any atom is 0.229 e. The van der Waals surface area contributed by atoms with Crippen molar-refractivity contribution in [2.75, 3.05) is 26.8 Å². The van der Waals surface area contributed by atoms with Crippen LogP contribution in [0.4, 0.5) is 0 Å². The molecule has 8 nitrogen and oxygen atoms in total. The van der Waals surface area contributed by atoms with Gasteiger partial charge in [0, 0.05) is 25.1 Å². The van der Waals surface area contributed by atoms with Crippen molar-refractivity contribution in [3.8, 4) is 0 Å². The number of hydrogen-bond acceptors (Lipinski definition) is 8. The van der Waals surface area contributed by atoms with Crippen LogP contribution in [0.15, 0.2) is 4.52 Å². The Hall–Kier alpha value is -1.84. The average Bonchev–Trinajstić information content (AvgIpc) is 3.14. The third-order valence-corrected chi connectivity index (χ3v) is 5.06. The number of carbonyl (C=O) groups is 1. The molecular formula is C16H22N4O4S. The summed E-state index contributed by atoms with van der Waals surface area (Å²) in [5.41, 5.74) is 0.942. The molecule has 9 heteroatoms. The molecule has 0 unspecified atom stereocenters. The molecular weight excluding hydrogens is 344 g/mol. The van der Waals surface area contributed by atoms with Crippen LogP contribution >= 0.6 is 11.3 Å². The van der Waals surface area contributed by atoms with E-state index in [1.807, 2.05) is 18.7 Å². The lowest BCUT2D eigenvalue weighted by atomic mass is 10.2. The fourth-order valence-corrected chi connectivity index (χ4v) is 3.74. The van der Waals surface area contributed by atoms with E-state index in [0.29, 0.717) is 50.9 Å². The van der Waals surface area contributed by atoms with Gasteiger partial charge in [0.25, 0.3) is 0 Å². The van der Waals surface area contributed by atoms with E-state index in [-0.39, 0.29) is 12.0 Å². The summed E-state index contributed by atoms with van der Waals surface area (Å²) in [5, 5.41) is 4.83. The molecule has 0 saturated carbocycles. The summed E-state index contributed by atoms with van der Waals surface area (Å²) >= 11 is 1.58. The predicted molar refractivity (Wildman–Crippen MR) is 90.3 cm³/mol. The molecule has 1 amide bonds. The van der Waals surface area contributed by atoms with Gasteiger partial charge in [0.2, 0.25) is 11.8 Å². The second-order valence-corrected chi connectivity index (χ2v) is 7.28. The molecule has 1 fully saturated rings. The van der Waals surface area contributed by atoms with Crippen molar-refractivity contribution in [3.05, 3.63) is 27.3 Å². The minimum atomic E-state index is -0.141. The molecule has 3 rings (SSSR count). The van der Waals surface area contributed by atoms with Crippen molar-refractivity contribution >= 4 is 17.2 Å². The van der Waals surface area contributed by atoms with Crippen molar-refractivity contribution in [3.63, 3.8) is 0 Å². The van der Waals surface area contributed by atoms with Gasteiger partial charge in [-0.25, -0.2) is 4.98 Å². The van der Waals surface area contributed by atoms with Gasteiger partial charge in [-0.3, -0.25) is 4.79 Å². The van der Waals surface area contributed by atoms with Crippen LogP contribution in [0.2, 0.25) is 0 Å². The topological polar surface area (TPSA) is 90.6 Å². The number of methoxy groups -OCH3 is 1. The fourth-order valence-electron chi connectivity index (χ4n) is 2.81. The average molecular weight is 366 g/mol. The zero-order chi connectivity index (χ0) is 17.8. The number of morpholine rings is 1. The molecule has 0 aromatic carbocycles. The third kappa shape index (κ3) is 4.62. The Labute approximate surface area is 150 Å². The minimum absolute atomic E-state index is 0.102. The highest BCUT2D eigenvalue weighted by molar-refractivity contribution is 7.11. The Morgan fingerprint density at radius 2 is 2.24 bits per heavy atom. The molecule has 3 heterocycles. The van der Waals surface area contributed by atoms with Gasteiger partial charge in [-0.05, 0) is 13.8 Å². The number of thiazole rings is 1. The SMILES string of the molecule is COCc1noc(C[C@@H]2CN(C(=O)Cc3sc(C)nc3C)CCO2)n1. The van der Waals surface area contributed by atoms with E-state index in [2.05, 4.69) is 15.1 Å². The predicted octanol–water partition coefficient (Wildman–Crippen LogP) is 1.30. The summed E-state index contributed by atoms with van der Waals surface area (Å²) in [6.45, 7) is 5.85. The molecule has 136 valence electrons. The van der Waals surface area contributed by atoms with Gasteiger partial charge in [-0.15, -0.1) is 11.3 Å². The van der Waals surface area contributed by atoms with Crippen molar-refractivity contribution in [2.45, 2.75) is 39.4 Å². The van der Waals surface area contributed by atoms with Crippen LogP contribution in [0.3, 0.4) is 0 Å². The van der Waals surface area contributed by atoms with Crippen LogP contribution in [0.25, 0.3) is 0 Å². The lowest BCUT2D eigenvalue weighted by molar-refractivity contribution is -0.138. The van der Waals surface area contributed by atoms with Crippen LogP contribution in [-0.2, 0) is 33.7 Å². The number of aryl methyl sites for hydroxylation is 2. The Bertz CT molecular complexity index is 730. The van der Waals surface area contributed by atoms with Gasteiger partial charge in [-0.1, -0.05) is 5.16 Å². The quantitative estimate of drug-likeness (QED) is 0.761. The lowest BCUT2D eigenvalue weighted by Crippen LogP contribution is -2.46. The maximum absolute atomic E-state index is 12.6. The van der Waals surface area contributed by atoms with Crippen LogP contribution < -0.4 is 0 Å². The normalized spacial score (nSPS) is 17.9. The second-order valence-electron chi connectivity index (χ2n) is 5.99. The Kier molecular flexibility index (Phi) is 5.77. The number of rotatable bonds is 6. The first-order chi connectivity index (χ1) is 12.0. The molecule has 0 bridgehead atoms. The number of ether oxygens (including phenoxy) is 2. The fraction of sp³-hybridized carbons (Fsp3) is 0.625. The Balaban J connectivity index is 1.56. The Morgan fingerprint density at radius 3 is 2.96 bits per heavy atom. The summed E-state index contributed by atoms with van der Waals surface area (Å²) < 4.78 is 15.9. The maximum atomic E-state index is 12.6. The number of hydrogen-bond donors (Lipinski definition) is 0. The van der Waals surface area contributed by atoms with E-state index >= 15 is 0 Å². The molecule has 2 aromatic rings. The van der Waals surface area contributed by atoms with Crippen LogP contribution in [0.1, 0.15) is 27.3 Å². The zero-order valence-corrected chi connectivity index (χ0v) is 15.5. The summed E-state index contributed by atoms with van der Waals surface area (Å²) in [4.78, 5) is 24.1. The van der Waals surface area contributed by atoms with E-state index in [9.17, 15) is 4.79 Å². The van der Waals surface area contributed by atoms with Gasteiger partial charge in [-0.2, -0.15) is 4.98 Å². The van der Waals surface area contributed by atoms with Crippen molar-refractivity contribution in [1.82, 2.24) is 20.0 Å². The number of amides is 1. The van der Waals surface area contributed by atoms with Crippen LogP contribution in [0.5, 0.6) is 0 Å². The monoisotopic (exact) mass is 366 g/mol. The first-order valence-corrected chi connectivity index (χ1v) is 8.99. The molecule has 0 spiro atoms. The molecule has 0 aliphatic carbocycles. The van der Waals surface area contributed by atoms with E-state index < -0.39 is 0 Å². The second kappa shape index (κ2) is 8.03. The molecule has 1 aliphatic heterocycles. The summed E-state index contributed by atoms with van der Waals surface area (Å²) in [6, 6.07) is 0. The highest BCUT2D eigenvalue weighted by atomic mass is 32.1. The highest BCUT2D eigenvalue weighted by Gasteiger charge is 2.26. The van der Waals surface area contributed by atoms with Crippen molar-refractivity contribution in [2.24, 2.45) is 0 Å². The van der Waals surface area contributed by atoms with Crippen LogP contribution in [0, 0.1) is 13.8 Å². The standard InChI is InChI=1S/C16H22N4O4S/c1-10-13(25-11(2)17-10)7-16(21)20-4-5-23-12(8-20)6-15-18-14(9-22-3)19-24-15/h12H,4-9H2,1-3H3/t12-/m1/s1. The highest BCUT2D eigenvalue weighted by Crippen LogP contribution is 2.19. The zero-order valence-electron chi connectivity index (χ0n) is 14.7. The first kappa shape index (κ1) is 18.0. The molecule has 0 N–H and O–H groups in total. The number of nitrogens with zero attached hydrogens (tertiary/aromatic N) is 4. The van der Waals surface area contributed by atoms with Gasteiger partial charge in [0.05, 0.1) is 36.3 Å². The van der Waals surface area contributed by atoms with Gasteiger partial charge in [0.15, 0.2) is 5.82 Å². The van der Waals surface area contributed by atoms with E-state index in [0.717, 1.165) is 15.6 Å². The van der Waals surface area contributed by atoms with Crippen LogP contribution in [-0.4, -0.2) is 58.8 Å². The van der Waals surface area contributed by atoms with E-state index in [1.54, 1.807) is 18.4 Å². The third-order valence-electron chi connectivity index (χ3n) is 3.99. The van der Waals surface area contributed by atoms with Gasteiger partial charge < -0.3 is 18.9 Å². The summed E-state index contributed by atoms with van der Waals surface area (Å²) in [6.07, 6.45) is 0.736. The molecule has 2 aromatic heterocycles. The smallest absolute Gasteiger partial charge is 0.229 e. The number of carbonyl (C=O) groups excluding carboxylic acids is 1. The van der Waals surface area contributed by atoms with Crippen molar-refractivity contribution < 1.29 is 18.8 Å². The molecule has 1 saturated heterocycles. The van der Waals surface area contributed by atoms with E-state index in [4.69, 9.17) is 14.0 Å². The van der Waals surface area contributed by atoms with E-state index in [1.165, 1.54) is 0 Å². The number of aromatic nitrogens is 3.